The SMILES string of the molecule is Cc1cnn(CC2CN(c3nc4c(S(C)(=O)=O)cccc4s3)C2)c1. The predicted molar refractivity (Wildman–Crippen MR) is 95.4 cm³/mol. The van der Waals surface area contributed by atoms with Crippen molar-refractivity contribution in [1.82, 2.24) is 14.8 Å². The number of fused-ring (bicyclic) bond motifs is 1. The molecular formula is C16H18N4O2S2. The Morgan fingerprint density at radius 2 is 2.12 bits per heavy atom. The van der Waals surface area contributed by atoms with Gasteiger partial charge in [-0.1, -0.05) is 17.4 Å². The number of sulfone groups is 1. The van der Waals surface area contributed by atoms with E-state index in [2.05, 4.69) is 21.2 Å². The zero-order valence-electron chi connectivity index (χ0n) is 13.5. The van der Waals surface area contributed by atoms with Gasteiger partial charge in [0.2, 0.25) is 0 Å². The Kier molecular flexibility index (Phi) is 3.61. The van der Waals surface area contributed by atoms with Crippen LogP contribution in [0.4, 0.5) is 5.13 Å². The number of hydrogen-bond donors (Lipinski definition) is 0. The molecule has 2 aromatic heterocycles. The van der Waals surface area contributed by atoms with Crippen molar-refractivity contribution < 1.29 is 8.42 Å². The Balaban J connectivity index is 1.52. The zero-order valence-corrected chi connectivity index (χ0v) is 15.1. The van der Waals surface area contributed by atoms with Gasteiger partial charge in [-0.2, -0.15) is 5.10 Å². The van der Waals surface area contributed by atoms with E-state index in [1.807, 2.05) is 23.9 Å². The quantitative estimate of drug-likeness (QED) is 0.713. The molecule has 0 saturated carbocycles. The molecule has 0 radical (unpaired) electrons. The molecule has 4 rings (SSSR count). The van der Waals surface area contributed by atoms with Crippen LogP contribution in [0.25, 0.3) is 10.2 Å². The molecule has 1 aliphatic rings. The van der Waals surface area contributed by atoms with E-state index < -0.39 is 9.84 Å². The molecule has 0 bridgehead atoms. The maximum absolute atomic E-state index is 11.9. The Morgan fingerprint density at radius 3 is 2.79 bits per heavy atom. The minimum Gasteiger partial charge on any atom is -0.347 e. The highest BCUT2D eigenvalue weighted by molar-refractivity contribution is 7.91. The summed E-state index contributed by atoms with van der Waals surface area (Å²) in [5.41, 5.74) is 1.76. The fourth-order valence-corrected chi connectivity index (χ4v) is 4.93. The van der Waals surface area contributed by atoms with E-state index in [4.69, 9.17) is 0 Å². The van der Waals surface area contributed by atoms with Crippen molar-refractivity contribution >= 4 is 36.5 Å². The third kappa shape index (κ3) is 2.80. The van der Waals surface area contributed by atoms with Gasteiger partial charge in [0.25, 0.3) is 0 Å². The first-order valence-electron chi connectivity index (χ1n) is 7.74. The third-order valence-electron chi connectivity index (χ3n) is 4.21. The van der Waals surface area contributed by atoms with Crippen LogP contribution in [0, 0.1) is 12.8 Å². The molecule has 1 aliphatic heterocycles. The maximum atomic E-state index is 11.9. The highest BCUT2D eigenvalue weighted by Crippen LogP contribution is 2.35. The number of benzene rings is 1. The highest BCUT2D eigenvalue weighted by atomic mass is 32.2. The average Bonchev–Trinajstić information content (AvgIpc) is 3.06. The Morgan fingerprint density at radius 1 is 1.33 bits per heavy atom. The molecule has 3 heterocycles. The fourth-order valence-electron chi connectivity index (χ4n) is 3.02. The second-order valence-electron chi connectivity index (χ2n) is 6.38. The van der Waals surface area contributed by atoms with Crippen LogP contribution in [0.3, 0.4) is 0 Å². The number of nitrogens with zero attached hydrogens (tertiary/aromatic N) is 4. The van der Waals surface area contributed by atoms with Gasteiger partial charge in [-0.25, -0.2) is 13.4 Å². The minimum atomic E-state index is -3.27. The molecule has 24 heavy (non-hydrogen) atoms. The first kappa shape index (κ1) is 15.6. The summed E-state index contributed by atoms with van der Waals surface area (Å²) in [5, 5.41) is 5.22. The number of para-hydroxylation sites is 1. The van der Waals surface area contributed by atoms with Crippen molar-refractivity contribution in [2.45, 2.75) is 18.4 Å². The lowest BCUT2D eigenvalue weighted by Crippen LogP contribution is -2.48. The number of aromatic nitrogens is 3. The molecule has 0 N–H and O–H groups in total. The van der Waals surface area contributed by atoms with E-state index in [-0.39, 0.29) is 0 Å². The normalized spacial score (nSPS) is 15.8. The molecule has 6 nitrogen and oxygen atoms in total. The van der Waals surface area contributed by atoms with Crippen LogP contribution in [-0.2, 0) is 16.4 Å². The first-order chi connectivity index (χ1) is 11.4. The van der Waals surface area contributed by atoms with Gasteiger partial charge in [0.1, 0.15) is 5.52 Å². The van der Waals surface area contributed by atoms with E-state index in [9.17, 15) is 8.42 Å². The Bertz CT molecular complexity index is 1000. The lowest BCUT2D eigenvalue weighted by Gasteiger charge is -2.39. The molecule has 0 atom stereocenters. The topological polar surface area (TPSA) is 68.1 Å². The summed E-state index contributed by atoms with van der Waals surface area (Å²) in [6.45, 7) is 4.79. The summed E-state index contributed by atoms with van der Waals surface area (Å²) in [7, 11) is -3.27. The summed E-state index contributed by atoms with van der Waals surface area (Å²) in [6.07, 6.45) is 5.15. The Labute approximate surface area is 144 Å². The molecule has 3 aromatic rings. The zero-order chi connectivity index (χ0) is 16.9. The van der Waals surface area contributed by atoms with Crippen LogP contribution >= 0.6 is 11.3 Å². The summed E-state index contributed by atoms with van der Waals surface area (Å²) >= 11 is 1.55. The first-order valence-corrected chi connectivity index (χ1v) is 10.4. The van der Waals surface area contributed by atoms with Crippen LogP contribution in [0.1, 0.15) is 5.56 Å². The van der Waals surface area contributed by atoms with Crippen molar-refractivity contribution in [1.29, 1.82) is 0 Å². The molecule has 8 heteroatoms. The molecule has 0 amide bonds. The number of rotatable bonds is 4. The number of aryl methyl sites for hydroxylation is 1. The van der Waals surface area contributed by atoms with Crippen molar-refractivity contribution in [3.63, 3.8) is 0 Å². The van der Waals surface area contributed by atoms with Crippen molar-refractivity contribution in [2.24, 2.45) is 5.92 Å². The van der Waals surface area contributed by atoms with Gasteiger partial charge in [0, 0.05) is 38.0 Å². The second-order valence-corrected chi connectivity index (χ2v) is 9.38. The molecule has 0 spiro atoms. The van der Waals surface area contributed by atoms with E-state index in [1.165, 1.54) is 11.8 Å². The average molecular weight is 362 g/mol. The molecule has 126 valence electrons. The molecule has 0 aliphatic carbocycles. The van der Waals surface area contributed by atoms with Gasteiger partial charge in [0.05, 0.1) is 15.8 Å². The monoisotopic (exact) mass is 362 g/mol. The summed E-state index contributed by atoms with van der Waals surface area (Å²) in [6, 6.07) is 5.33. The van der Waals surface area contributed by atoms with E-state index in [0.29, 0.717) is 16.3 Å². The van der Waals surface area contributed by atoms with Gasteiger partial charge in [-0.15, -0.1) is 0 Å². The largest absolute Gasteiger partial charge is 0.347 e. The number of hydrogen-bond acceptors (Lipinski definition) is 6. The van der Waals surface area contributed by atoms with Gasteiger partial charge in [-0.3, -0.25) is 4.68 Å². The smallest absolute Gasteiger partial charge is 0.186 e. The summed E-state index contributed by atoms with van der Waals surface area (Å²) < 4.78 is 26.7. The maximum Gasteiger partial charge on any atom is 0.186 e. The van der Waals surface area contributed by atoms with Gasteiger partial charge < -0.3 is 4.90 Å². The van der Waals surface area contributed by atoms with Crippen molar-refractivity contribution in [2.75, 3.05) is 24.2 Å². The lowest BCUT2D eigenvalue weighted by molar-refractivity contribution is 0.342. The molecule has 1 saturated heterocycles. The van der Waals surface area contributed by atoms with Crippen LogP contribution in [0.5, 0.6) is 0 Å². The van der Waals surface area contributed by atoms with E-state index in [0.717, 1.165) is 29.5 Å². The molecule has 1 aromatic carbocycles. The minimum absolute atomic E-state index is 0.312. The number of anilines is 1. The van der Waals surface area contributed by atoms with E-state index in [1.54, 1.807) is 23.5 Å². The summed E-state index contributed by atoms with van der Waals surface area (Å²) in [4.78, 5) is 7.11. The van der Waals surface area contributed by atoms with Gasteiger partial charge >= 0.3 is 0 Å². The molecular weight excluding hydrogens is 344 g/mol. The second kappa shape index (κ2) is 5.56. The fraction of sp³-hybridized carbons (Fsp3) is 0.375. The Hall–Kier alpha value is -1.93. The number of thiazole rings is 1. The standard InChI is InChI=1S/C16H18N4O2S2/c1-11-6-17-20(7-11)10-12-8-19(9-12)16-18-15-13(23-16)4-3-5-14(15)24(2,21)22/h3-7,12H,8-10H2,1-2H3. The van der Waals surface area contributed by atoms with Crippen molar-refractivity contribution in [3.8, 4) is 0 Å². The van der Waals surface area contributed by atoms with Crippen LogP contribution < -0.4 is 4.90 Å². The van der Waals surface area contributed by atoms with Crippen LogP contribution in [-0.4, -0.2) is 42.5 Å². The van der Waals surface area contributed by atoms with Crippen molar-refractivity contribution in [3.05, 3.63) is 36.2 Å². The van der Waals surface area contributed by atoms with Gasteiger partial charge in [0.15, 0.2) is 15.0 Å². The summed E-state index contributed by atoms with van der Waals surface area (Å²) in [5.74, 6) is 0.547. The van der Waals surface area contributed by atoms with E-state index >= 15 is 0 Å². The third-order valence-corrected chi connectivity index (χ3v) is 6.42. The highest BCUT2D eigenvalue weighted by Gasteiger charge is 2.30. The van der Waals surface area contributed by atoms with Crippen LogP contribution in [0.2, 0.25) is 0 Å². The molecule has 1 fully saturated rings. The predicted octanol–water partition coefficient (Wildman–Crippen LogP) is 2.34. The lowest BCUT2D eigenvalue weighted by atomic mass is 10.0. The van der Waals surface area contributed by atoms with Crippen LogP contribution in [0.15, 0.2) is 35.5 Å². The molecule has 0 unspecified atom stereocenters. The van der Waals surface area contributed by atoms with Gasteiger partial charge in [-0.05, 0) is 24.6 Å².